The highest BCUT2D eigenvalue weighted by molar-refractivity contribution is 6.07. The molecule has 4 N–H and O–H groups in total. The first-order valence-corrected chi connectivity index (χ1v) is 18.4. The molecule has 50 heavy (non-hydrogen) atoms. The smallest absolute Gasteiger partial charge is 0.128 e. The van der Waals surface area contributed by atoms with Gasteiger partial charge in [-0.25, -0.2) is 9.97 Å². The van der Waals surface area contributed by atoms with Crippen LogP contribution in [0.3, 0.4) is 0 Å². The Hall–Kier alpha value is -4.02. The van der Waals surface area contributed by atoms with Crippen LogP contribution in [0.1, 0.15) is 96.9 Å². The van der Waals surface area contributed by atoms with Crippen LogP contribution in [0.15, 0.2) is 61.3 Å². The molecule has 0 fully saturated rings. The molecule has 3 aromatic carbocycles. The average Bonchev–Trinajstić information content (AvgIpc) is 3.76. The van der Waals surface area contributed by atoms with Crippen LogP contribution in [0.25, 0.3) is 44.2 Å². The van der Waals surface area contributed by atoms with Crippen molar-refractivity contribution in [3.05, 3.63) is 78.5 Å². The van der Waals surface area contributed by atoms with Crippen LogP contribution in [0.4, 0.5) is 0 Å². The van der Waals surface area contributed by atoms with E-state index in [1.165, 1.54) is 0 Å². The predicted octanol–water partition coefficient (Wildman–Crippen LogP) is 8.69. The Morgan fingerprint density at radius 1 is 0.940 bits per heavy atom. The molecule has 6 rings (SSSR count). The summed E-state index contributed by atoms with van der Waals surface area (Å²) in [5.74, 6) is 2.96. The minimum atomic E-state index is -0.538. The number of imidazole rings is 2. The highest BCUT2D eigenvalue weighted by atomic mass is 16.5. The summed E-state index contributed by atoms with van der Waals surface area (Å²) < 4.78 is 6.40. The minimum Gasteiger partial charge on any atom is -0.488 e. The van der Waals surface area contributed by atoms with Gasteiger partial charge >= 0.3 is 0 Å². The fraction of sp³-hybridized carbons (Fsp3) is 0.463. The molecule has 266 valence electrons. The Bertz CT molecular complexity index is 1930. The summed E-state index contributed by atoms with van der Waals surface area (Å²) in [6.07, 6.45) is 6.83. The standard InChI is InChI=1S/C41H54N6O3/c1-8-11-26(6)46(38(48)12-9-2)23-37-43-34-17-15-28-19-33-31-16-14-29(18-30(31)24-50-36(33)20-32(28)40(34)45-37)35-21-42-41(44-35)27(7)47(22-25(4)5)39(49)13-10-3/h8,14-21,25-27,38-39,48-49H,1,9-13,22-24H2,2-7H3,(H,42,44)(H,43,45)/t26-,27-,38?,39?/m0/s1. The number of rotatable bonds is 16. The van der Waals surface area contributed by atoms with E-state index in [1.807, 2.05) is 12.3 Å². The van der Waals surface area contributed by atoms with Crippen LogP contribution in [0, 0.1) is 5.92 Å². The van der Waals surface area contributed by atoms with E-state index in [0.717, 1.165) is 99.4 Å². The van der Waals surface area contributed by atoms with Crippen molar-refractivity contribution in [1.82, 2.24) is 29.7 Å². The first-order valence-electron chi connectivity index (χ1n) is 18.4. The van der Waals surface area contributed by atoms with Crippen molar-refractivity contribution >= 4 is 21.8 Å². The predicted molar refractivity (Wildman–Crippen MR) is 203 cm³/mol. The zero-order valence-electron chi connectivity index (χ0n) is 30.5. The quantitative estimate of drug-likeness (QED) is 0.0610. The summed E-state index contributed by atoms with van der Waals surface area (Å²) in [6.45, 7) is 18.5. The summed E-state index contributed by atoms with van der Waals surface area (Å²) in [7, 11) is 0. The van der Waals surface area contributed by atoms with Gasteiger partial charge in [-0.1, -0.05) is 64.8 Å². The zero-order chi connectivity index (χ0) is 35.5. The summed E-state index contributed by atoms with van der Waals surface area (Å²) >= 11 is 0. The van der Waals surface area contributed by atoms with E-state index < -0.39 is 12.5 Å². The Balaban J connectivity index is 1.26. The van der Waals surface area contributed by atoms with Gasteiger partial charge in [0.25, 0.3) is 0 Å². The third-order valence-electron chi connectivity index (χ3n) is 10.0. The van der Waals surface area contributed by atoms with Crippen molar-refractivity contribution in [3.63, 3.8) is 0 Å². The van der Waals surface area contributed by atoms with Gasteiger partial charge in [-0.05, 0) is 85.4 Å². The summed E-state index contributed by atoms with van der Waals surface area (Å²) in [6, 6.07) is 15.2. The van der Waals surface area contributed by atoms with Crippen molar-refractivity contribution in [2.45, 2.75) is 111 Å². The van der Waals surface area contributed by atoms with Gasteiger partial charge in [0.1, 0.15) is 36.5 Å². The van der Waals surface area contributed by atoms with Crippen molar-refractivity contribution in [3.8, 4) is 28.1 Å². The van der Waals surface area contributed by atoms with E-state index >= 15 is 0 Å². The highest BCUT2D eigenvalue weighted by Crippen LogP contribution is 2.42. The van der Waals surface area contributed by atoms with Crippen LogP contribution < -0.4 is 4.74 Å². The first-order chi connectivity index (χ1) is 24.1. The normalized spacial score (nSPS) is 15.3. The van der Waals surface area contributed by atoms with E-state index in [4.69, 9.17) is 14.7 Å². The molecule has 1 aliphatic heterocycles. The third kappa shape index (κ3) is 7.37. The molecular weight excluding hydrogens is 624 g/mol. The van der Waals surface area contributed by atoms with Crippen LogP contribution in [0.2, 0.25) is 0 Å². The second-order valence-electron chi connectivity index (χ2n) is 14.4. The maximum absolute atomic E-state index is 10.9. The summed E-state index contributed by atoms with van der Waals surface area (Å²) in [5.41, 5.74) is 7.24. The number of aromatic amines is 2. The number of aliphatic hydroxyl groups excluding tert-OH is 2. The van der Waals surface area contributed by atoms with Crippen LogP contribution in [-0.2, 0) is 13.2 Å². The summed E-state index contributed by atoms with van der Waals surface area (Å²) in [4.78, 5) is 21.1. The molecule has 1 aliphatic rings. The maximum atomic E-state index is 10.9. The number of aromatic nitrogens is 4. The Labute approximate surface area is 296 Å². The number of hydrogen-bond acceptors (Lipinski definition) is 7. The van der Waals surface area contributed by atoms with E-state index in [0.29, 0.717) is 25.5 Å². The fourth-order valence-electron chi connectivity index (χ4n) is 7.34. The third-order valence-corrected chi connectivity index (χ3v) is 10.0. The average molecular weight is 679 g/mol. The molecular formula is C41H54N6O3. The number of nitrogens with one attached hydrogen (secondary N) is 2. The maximum Gasteiger partial charge on any atom is 0.128 e. The summed E-state index contributed by atoms with van der Waals surface area (Å²) in [5, 5.41) is 24.0. The fourth-order valence-corrected chi connectivity index (χ4v) is 7.34. The van der Waals surface area contributed by atoms with Gasteiger partial charge in [-0.2, -0.15) is 0 Å². The Morgan fingerprint density at radius 2 is 1.70 bits per heavy atom. The van der Waals surface area contributed by atoms with Gasteiger partial charge in [0.15, 0.2) is 0 Å². The minimum absolute atomic E-state index is 0.0432. The number of hydrogen-bond donors (Lipinski definition) is 4. The number of ether oxygens (including phenoxy) is 1. The molecule has 9 nitrogen and oxygen atoms in total. The van der Waals surface area contributed by atoms with Crippen molar-refractivity contribution < 1.29 is 14.9 Å². The zero-order valence-corrected chi connectivity index (χ0v) is 30.5. The molecule has 5 aromatic rings. The molecule has 0 spiro atoms. The molecule has 2 aromatic heterocycles. The van der Waals surface area contributed by atoms with Crippen molar-refractivity contribution in [2.75, 3.05) is 6.54 Å². The van der Waals surface area contributed by atoms with Crippen molar-refractivity contribution in [2.24, 2.45) is 5.92 Å². The molecule has 2 unspecified atom stereocenters. The van der Waals surface area contributed by atoms with E-state index in [-0.39, 0.29) is 12.1 Å². The monoisotopic (exact) mass is 678 g/mol. The molecule has 0 amide bonds. The number of nitrogens with zero attached hydrogens (tertiary/aromatic N) is 4. The van der Waals surface area contributed by atoms with E-state index in [1.54, 1.807) is 0 Å². The van der Waals surface area contributed by atoms with Crippen LogP contribution in [-0.4, -0.2) is 65.0 Å². The van der Waals surface area contributed by atoms with Gasteiger partial charge in [0.05, 0.1) is 35.5 Å². The second-order valence-corrected chi connectivity index (χ2v) is 14.4. The molecule has 4 atom stereocenters. The molecule has 0 radical (unpaired) electrons. The van der Waals surface area contributed by atoms with Gasteiger partial charge in [0, 0.05) is 23.5 Å². The first kappa shape index (κ1) is 35.8. The molecule has 0 bridgehead atoms. The number of benzene rings is 3. The SMILES string of the molecule is C=CC[C@H](C)N(Cc1nc2c(ccc3cc4c(cc32)OCc2cc(-c3cnc([C@H](C)N(CC(C)C)C(O)CCC)[nH]3)ccc2-4)[nH]1)C(O)CCC. The Kier molecular flexibility index (Phi) is 11.1. The van der Waals surface area contributed by atoms with Gasteiger partial charge in [0.2, 0.25) is 0 Å². The molecule has 0 aliphatic carbocycles. The topological polar surface area (TPSA) is 114 Å². The van der Waals surface area contributed by atoms with Gasteiger partial charge in [-0.3, -0.25) is 9.80 Å². The number of aliphatic hydroxyl groups is 2. The lowest BCUT2D eigenvalue weighted by atomic mass is 9.92. The largest absolute Gasteiger partial charge is 0.488 e. The number of fused-ring (bicyclic) bond motifs is 6. The Morgan fingerprint density at radius 3 is 2.42 bits per heavy atom. The van der Waals surface area contributed by atoms with Crippen LogP contribution >= 0.6 is 0 Å². The molecule has 9 heteroatoms. The molecule has 3 heterocycles. The van der Waals surface area contributed by atoms with Gasteiger partial charge in [-0.15, -0.1) is 6.58 Å². The van der Waals surface area contributed by atoms with Crippen molar-refractivity contribution in [1.29, 1.82) is 0 Å². The number of H-pyrrole nitrogens is 2. The van der Waals surface area contributed by atoms with Gasteiger partial charge < -0.3 is 24.9 Å². The molecule has 0 saturated heterocycles. The van der Waals surface area contributed by atoms with E-state index in [9.17, 15) is 10.2 Å². The van der Waals surface area contributed by atoms with E-state index in [2.05, 4.69) is 110 Å². The molecule has 0 saturated carbocycles. The second kappa shape index (κ2) is 15.5. The lowest BCUT2D eigenvalue weighted by Gasteiger charge is -2.33. The highest BCUT2D eigenvalue weighted by Gasteiger charge is 2.27. The lowest BCUT2D eigenvalue weighted by Crippen LogP contribution is -2.41. The lowest BCUT2D eigenvalue weighted by molar-refractivity contribution is -0.0360. The van der Waals surface area contributed by atoms with Crippen LogP contribution in [0.5, 0.6) is 5.75 Å².